The molecular weight excluding hydrogens is 568 g/mol. The Morgan fingerprint density at radius 1 is 0.911 bits per heavy atom. The summed E-state index contributed by atoms with van der Waals surface area (Å²) in [6.45, 7) is 0.135. The van der Waals surface area contributed by atoms with E-state index in [0.717, 1.165) is 44.9 Å². The molecule has 2 aromatic heterocycles. The molecule has 45 heavy (non-hydrogen) atoms. The van der Waals surface area contributed by atoms with Crippen molar-refractivity contribution in [3.63, 3.8) is 0 Å². The van der Waals surface area contributed by atoms with Gasteiger partial charge < -0.3 is 33.5 Å². The Morgan fingerprint density at radius 3 is 2.13 bits per heavy atom. The molecule has 9 heteroatoms. The Balaban J connectivity index is 1.33. The smallest absolute Gasteiger partial charge is 0.144 e. The standard InChI is InChI=1S/C36H38N4O5/c1-39(2)24-38-31-18-20-37-35-30(31)19-21-40(35)34-22-32(41)33(45-34)23-44-36(25-8-6-5-7-9-25,26-10-14-28(42-3)15-11-26)27-12-16-29(43-4)17-13-27/h5-21,24,32-34,41H,22-23H2,1-4H3/b38-24-/t32-,33+,34+/m0/s1. The molecule has 1 fully saturated rings. The number of hydrogen-bond acceptors (Lipinski definition) is 7. The maximum Gasteiger partial charge on any atom is 0.144 e. The maximum atomic E-state index is 11.3. The van der Waals surface area contributed by atoms with Crippen molar-refractivity contribution in [2.45, 2.75) is 30.5 Å². The molecule has 0 saturated carbocycles. The topological polar surface area (TPSA) is 90.6 Å². The third-order valence-corrected chi connectivity index (χ3v) is 8.17. The van der Waals surface area contributed by atoms with Crippen LogP contribution < -0.4 is 9.47 Å². The van der Waals surface area contributed by atoms with Crippen molar-refractivity contribution in [2.75, 3.05) is 34.9 Å². The van der Waals surface area contributed by atoms with E-state index in [9.17, 15) is 5.11 Å². The van der Waals surface area contributed by atoms with Gasteiger partial charge in [0, 0.05) is 38.3 Å². The number of ether oxygens (including phenoxy) is 4. The van der Waals surface area contributed by atoms with Crippen molar-refractivity contribution in [1.29, 1.82) is 0 Å². The predicted molar refractivity (Wildman–Crippen MR) is 174 cm³/mol. The van der Waals surface area contributed by atoms with Crippen LogP contribution in [0.25, 0.3) is 11.0 Å². The van der Waals surface area contributed by atoms with E-state index in [4.69, 9.17) is 18.9 Å². The van der Waals surface area contributed by atoms with Gasteiger partial charge in [-0.3, -0.25) is 0 Å². The highest BCUT2D eigenvalue weighted by Crippen LogP contribution is 2.43. The summed E-state index contributed by atoms with van der Waals surface area (Å²) in [4.78, 5) is 11.1. The summed E-state index contributed by atoms with van der Waals surface area (Å²) in [7, 11) is 7.16. The van der Waals surface area contributed by atoms with Crippen LogP contribution in [0.15, 0.2) is 108 Å². The molecule has 0 bridgehead atoms. The van der Waals surface area contributed by atoms with Crippen LogP contribution >= 0.6 is 0 Å². The molecule has 0 unspecified atom stereocenters. The fraction of sp³-hybridized carbons (Fsp3) is 0.278. The highest BCUT2D eigenvalue weighted by atomic mass is 16.6. The van der Waals surface area contributed by atoms with Crippen LogP contribution in [-0.2, 0) is 15.1 Å². The molecule has 1 aliphatic heterocycles. The fourth-order valence-corrected chi connectivity index (χ4v) is 5.88. The largest absolute Gasteiger partial charge is 0.497 e. The first-order valence-corrected chi connectivity index (χ1v) is 14.9. The van der Waals surface area contributed by atoms with Crippen LogP contribution in [0.3, 0.4) is 0 Å². The van der Waals surface area contributed by atoms with Crippen molar-refractivity contribution < 1.29 is 24.1 Å². The Bertz CT molecular complexity index is 1690. The van der Waals surface area contributed by atoms with E-state index in [1.54, 1.807) is 26.8 Å². The van der Waals surface area contributed by atoms with Crippen LogP contribution in [-0.4, -0.2) is 73.0 Å². The Hall–Kier alpha value is -4.70. The number of aliphatic hydroxyl groups is 1. The molecule has 0 radical (unpaired) electrons. The van der Waals surface area contributed by atoms with Gasteiger partial charge in [0.15, 0.2) is 0 Å². The molecule has 6 rings (SSSR count). The molecule has 0 amide bonds. The number of hydrogen-bond donors (Lipinski definition) is 1. The SMILES string of the molecule is COc1ccc(C(OC[C@H]2O[C@@H](n3ccc4c(/N=C\N(C)C)ccnc43)C[C@@H]2O)(c2ccccc2)c2ccc(OC)cc2)cc1. The number of aromatic nitrogens is 2. The second kappa shape index (κ2) is 13.1. The Morgan fingerprint density at radius 2 is 1.53 bits per heavy atom. The number of pyridine rings is 1. The van der Waals surface area contributed by atoms with Gasteiger partial charge in [-0.1, -0.05) is 54.6 Å². The minimum absolute atomic E-state index is 0.135. The molecule has 1 aliphatic rings. The molecule has 3 heterocycles. The van der Waals surface area contributed by atoms with Crippen LogP contribution in [0, 0.1) is 0 Å². The second-order valence-corrected chi connectivity index (χ2v) is 11.2. The van der Waals surface area contributed by atoms with E-state index in [1.807, 2.05) is 109 Å². The number of aliphatic imine (C=N–C) groups is 1. The van der Waals surface area contributed by atoms with Gasteiger partial charge in [0.2, 0.25) is 0 Å². The van der Waals surface area contributed by atoms with Gasteiger partial charge in [0.1, 0.15) is 35.1 Å². The van der Waals surface area contributed by atoms with E-state index >= 15 is 0 Å². The molecule has 0 aliphatic carbocycles. The van der Waals surface area contributed by atoms with Crippen LogP contribution in [0.4, 0.5) is 5.69 Å². The van der Waals surface area contributed by atoms with Gasteiger partial charge in [-0.15, -0.1) is 0 Å². The average molecular weight is 607 g/mol. The van der Waals surface area contributed by atoms with E-state index < -0.39 is 24.0 Å². The lowest BCUT2D eigenvalue weighted by atomic mass is 9.80. The predicted octanol–water partition coefficient (Wildman–Crippen LogP) is 5.93. The zero-order chi connectivity index (χ0) is 31.4. The monoisotopic (exact) mass is 606 g/mol. The summed E-state index contributed by atoms with van der Waals surface area (Å²) in [5.74, 6) is 1.49. The lowest BCUT2D eigenvalue weighted by molar-refractivity contribution is -0.0930. The molecule has 232 valence electrons. The molecule has 0 spiro atoms. The van der Waals surface area contributed by atoms with E-state index in [-0.39, 0.29) is 6.61 Å². The van der Waals surface area contributed by atoms with Crippen molar-refractivity contribution >= 4 is 23.1 Å². The third kappa shape index (κ3) is 6.02. The summed E-state index contributed by atoms with van der Waals surface area (Å²) >= 11 is 0. The van der Waals surface area contributed by atoms with Crippen molar-refractivity contribution in [3.8, 4) is 11.5 Å². The quantitative estimate of drug-likeness (QED) is 0.113. The number of benzene rings is 3. The molecule has 1 N–H and O–H groups in total. The van der Waals surface area contributed by atoms with Crippen molar-refractivity contribution in [2.24, 2.45) is 4.99 Å². The molecular formula is C36H38N4O5. The number of fused-ring (bicyclic) bond motifs is 1. The lowest BCUT2D eigenvalue weighted by Gasteiger charge is -2.37. The third-order valence-electron chi connectivity index (χ3n) is 8.17. The first-order chi connectivity index (χ1) is 21.9. The normalized spacial score (nSPS) is 18.5. The Labute approximate surface area is 263 Å². The summed E-state index contributed by atoms with van der Waals surface area (Å²) < 4.78 is 26.4. The minimum Gasteiger partial charge on any atom is -0.497 e. The van der Waals surface area contributed by atoms with E-state index in [1.165, 1.54) is 0 Å². The molecule has 3 atom stereocenters. The average Bonchev–Trinajstić information content (AvgIpc) is 3.68. The van der Waals surface area contributed by atoms with Crippen molar-refractivity contribution in [1.82, 2.24) is 14.5 Å². The first-order valence-electron chi connectivity index (χ1n) is 14.9. The molecule has 9 nitrogen and oxygen atoms in total. The first kappa shape index (κ1) is 30.3. The maximum absolute atomic E-state index is 11.3. The van der Waals surface area contributed by atoms with Gasteiger partial charge in [-0.2, -0.15) is 0 Å². The zero-order valence-electron chi connectivity index (χ0n) is 25.9. The lowest BCUT2D eigenvalue weighted by Crippen LogP contribution is -2.38. The number of rotatable bonds is 11. The molecule has 5 aromatic rings. The van der Waals surface area contributed by atoms with Gasteiger partial charge in [0.25, 0.3) is 0 Å². The fourth-order valence-electron chi connectivity index (χ4n) is 5.88. The summed E-state index contributed by atoms with van der Waals surface area (Å²) in [6.07, 6.45) is 4.10. The van der Waals surface area contributed by atoms with E-state index in [2.05, 4.69) is 22.1 Å². The molecule has 3 aromatic carbocycles. The van der Waals surface area contributed by atoms with Gasteiger partial charge in [-0.25, -0.2) is 9.98 Å². The minimum atomic E-state index is -1.01. The number of nitrogens with zero attached hydrogens (tertiary/aromatic N) is 4. The van der Waals surface area contributed by atoms with Crippen LogP contribution in [0.1, 0.15) is 29.3 Å². The highest BCUT2D eigenvalue weighted by Gasteiger charge is 2.42. The second-order valence-electron chi connectivity index (χ2n) is 11.2. The highest BCUT2D eigenvalue weighted by molar-refractivity contribution is 5.89. The van der Waals surface area contributed by atoms with Crippen molar-refractivity contribution in [3.05, 3.63) is 120 Å². The number of aliphatic hydroxyl groups excluding tert-OH is 1. The van der Waals surface area contributed by atoms with Gasteiger partial charge in [-0.05, 0) is 53.1 Å². The summed E-state index contributed by atoms with van der Waals surface area (Å²) in [5.41, 5.74) is 3.32. The van der Waals surface area contributed by atoms with E-state index in [0.29, 0.717) is 6.42 Å². The molecule has 1 saturated heterocycles. The van der Waals surface area contributed by atoms with Gasteiger partial charge >= 0.3 is 0 Å². The van der Waals surface area contributed by atoms with Crippen LogP contribution in [0.2, 0.25) is 0 Å². The van der Waals surface area contributed by atoms with Gasteiger partial charge in [0.05, 0.1) is 39.0 Å². The number of methoxy groups -OCH3 is 2. The van der Waals surface area contributed by atoms with Crippen LogP contribution in [0.5, 0.6) is 11.5 Å². The summed E-state index contributed by atoms with van der Waals surface area (Å²) in [6, 6.07) is 29.7. The Kier molecular flexibility index (Phi) is 8.84. The zero-order valence-corrected chi connectivity index (χ0v) is 25.9. The summed E-state index contributed by atoms with van der Waals surface area (Å²) in [5, 5.41) is 12.2.